The van der Waals surface area contributed by atoms with Gasteiger partial charge in [-0.2, -0.15) is 0 Å². The minimum Gasteiger partial charge on any atom is -0.481 e. The standard InChI is InChI=1S/C28H25NO5/c1-3-16-33-20-14-12-19(13-15-27(30)32-2)26(17-20)29-28(31)34-18-25-23-10-6-4-8-21(23)22-9-5-7-11-24(22)25/h1,4-12,14,17,25H,13,15-16,18H2,2H3,(H,29,31). The first kappa shape index (κ1) is 22.9. The summed E-state index contributed by atoms with van der Waals surface area (Å²) in [6.45, 7) is 0.302. The van der Waals surface area contributed by atoms with Crippen molar-refractivity contribution in [1.29, 1.82) is 0 Å². The van der Waals surface area contributed by atoms with E-state index in [1.807, 2.05) is 24.3 Å². The van der Waals surface area contributed by atoms with Crippen molar-refractivity contribution < 1.29 is 23.8 Å². The van der Waals surface area contributed by atoms with E-state index in [1.165, 1.54) is 7.11 Å². The van der Waals surface area contributed by atoms with E-state index in [0.717, 1.165) is 27.8 Å². The van der Waals surface area contributed by atoms with Gasteiger partial charge in [0.05, 0.1) is 12.8 Å². The summed E-state index contributed by atoms with van der Waals surface area (Å²) in [7, 11) is 1.34. The average molecular weight is 456 g/mol. The summed E-state index contributed by atoms with van der Waals surface area (Å²) in [6.07, 6.45) is 5.26. The van der Waals surface area contributed by atoms with Gasteiger partial charge < -0.3 is 14.2 Å². The highest BCUT2D eigenvalue weighted by atomic mass is 16.5. The van der Waals surface area contributed by atoms with Gasteiger partial charge in [0.1, 0.15) is 19.0 Å². The number of carbonyl (C=O) groups excluding carboxylic acids is 2. The van der Waals surface area contributed by atoms with Crippen molar-refractivity contribution in [2.45, 2.75) is 18.8 Å². The molecule has 1 aliphatic rings. The lowest BCUT2D eigenvalue weighted by Gasteiger charge is -2.16. The Morgan fingerprint density at radius 2 is 1.68 bits per heavy atom. The highest BCUT2D eigenvalue weighted by Crippen LogP contribution is 2.44. The van der Waals surface area contributed by atoms with E-state index in [4.69, 9.17) is 20.6 Å². The largest absolute Gasteiger partial charge is 0.481 e. The fraction of sp³-hybridized carbons (Fsp3) is 0.214. The Balaban J connectivity index is 1.48. The lowest BCUT2D eigenvalue weighted by atomic mass is 9.98. The summed E-state index contributed by atoms with van der Waals surface area (Å²) < 4.78 is 15.9. The number of aryl methyl sites for hydroxylation is 1. The number of nitrogens with one attached hydrogen (secondary N) is 1. The molecule has 3 aromatic carbocycles. The second-order valence-electron chi connectivity index (χ2n) is 7.84. The molecular weight excluding hydrogens is 430 g/mol. The number of hydrogen-bond acceptors (Lipinski definition) is 5. The van der Waals surface area contributed by atoms with E-state index >= 15 is 0 Å². The Morgan fingerprint density at radius 3 is 2.32 bits per heavy atom. The third-order valence-electron chi connectivity index (χ3n) is 5.81. The molecule has 0 saturated carbocycles. The molecule has 0 radical (unpaired) electrons. The van der Waals surface area contributed by atoms with E-state index in [9.17, 15) is 9.59 Å². The molecule has 0 fully saturated rings. The Kier molecular flexibility index (Phi) is 7.14. The number of anilines is 1. The van der Waals surface area contributed by atoms with Crippen molar-refractivity contribution in [2.75, 3.05) is 25.6 Å². The van der Waals surface area contributed by atoms with Crippen molar-refractivity contribution >= 4 is 17.7 Å². The summed E-state index contributed by atoms with van der Waals surface area (Å²) in [4.78, 5) is 24.4. The van der Waals surface area contributed by atoms with E-state index in [1.54, 1.807) is 18.2 Å². The first-order chi connectivity index (χ1) is 16.6. The van der Waals surface area contributed by atoms with Crippen LogP contribution in [0.25, 0.3) is 11.1 Å². The number of terminal acetylenes is 1. The maximum absolute atomic E-state index is 12.8. The highest BCUT2D eigenvalue weighted by molar-refractivity contribution is 5.86. The van der Waals surface area contributed by atoms with E-state index < -0.39 is 6.09 Å². The van der Waals surface area contributed by atoms with Crippen LogP contribution < -0.4 is 10.1 Å². The average Bonchev–Trinajstić information content (AvgIpc) is 3.19. The number of carbonyl (C=O) groups is 2. The zero-order valence-corrected chi connectivity index (χ0v) is 18.9. The second-order valence-corrected chi connectivity index (χ2v) is 7.84. The van der Waals surface area contributed by atoms with Crippen molar-refractivity contribution in [3.8, 4) is 29.2 Å². The van der Waals surface area contributed by atoms with Crippen LogP contribution in [0.1, 0.15) is 29.0 Å². The molecule has 0 unspecified atom stereocenters. The predicted molar refractivity (Wildman–Crippen MR) is 130 cm³/mol. The molecule has 6 nitrogen and oxygen atoms in total. The van der Waals surface area contributed by atoms with Crippen LogP contribution in [0.4, 0.5) is 10.5 Å². The maximum Gasteiger partial charge on any atom is 0.411 e. The number of methoxy groups -OCH3 is 1. The van der Waals surface area contributed by atoms with Gasteiger partial charge in [0.15, 0.2) is 0 Å². The molecule has 0 atom stereocenters. The molecule has 0 heterocycles. The second kappa shape index (κ2) is 10.6. The quantitative estimate of drug-likeness (QED) is 0.375. The van der Waals surface area contributed by atoms with Crippen molar-refractivity contribution in [3.63, 3.8) is 0 Å². The Bertz CT molecular complexity index is 1200. The lowest BCUT2D eigenvalue weighted by molar-refractivity contribution is -0.140. The van der Waals surface area contributed by atoms with Gasteiger partial charge in [0.2, 0.25) is 0 Å². The molecule has 1 N–H and O–H groups in total. The highest BCUT2D eigenvalue weighted by Gasteiger charge is 2.29. The van der Waals surface area contributed by atoms with Crippen LogP contribution in [0, 0.1) is 12.3 Å². The number of fused-ring (bicyclic) bond motifs is 3. The number of amides is 1. The lowest BCUT2D eigenvalue weighted by Crippen LogP contribution is -2.19. The topological polar surface area (TPSA) is 73.9 Å². The van der Waals surface area contributed by atoms with Crippen molar-refractivity contribution in [3.05, 3.63) is 83.4 Å². The fourth-order valence-corrected chi connectivity index (χ4v) is 4.19. The van der Waals surface area contributed by atoms with Crippen molar-refractivity contribution in [1.82, 2.24) is 0 Å². The van der Waals surface area contributed by atoms with Gasteiger partial charge in [-0.05, 0) is 40.3 Å². The Hall–Kier alpha value is -4.24. The Morgan fingerprint density at radius 1 is 1.00 bits per heavy atom. The number of esters is 1. The van der Waals surface area contributed by atoms with Gasteiger partial charge in [0, 0.05) is 18.4 Å². The summed E-state index contributed by atoms with van der Waals surface area (Å²) in [5.41, 5.74) is 5.86. The van der Waals surface area contributed by atoms with Gasteiger partial charge in [-0.25, -0.2) is 4.79 Å². The van der Waals surface area contributed by atoms with Crippen molar-refractivity contribution in [2.24, 2.45) is 0 Å². The number of benzene rings is 3. The van der Waals surface area contributed by atoms with Gasteiger partial charge in [0.25, 0.3) is 0 Å². The summed E-state index contributed by atoms with van der Waals surface area (Å²) >= 11 is 0. The first-order valence-corrected chi connectivity index (χ1v) is 11.0. The molecule has 1 amide bonds. The molecule has 0 spiro atoms. The zero-order valence-electron chi connectivity index (χ0n) is 18.9. The maximum atomic E-state index is 12.8. The Labute approximate surface area is 198 Å². The third kappa shape index (κ3) is 5.05. The number of hydrogen-bond donors (Lipinski definition) is 1. The summed E-state index contributed by atoms with van der Waals surface area (Å²) in [5, 5.41) is 2.80. The SMILES string of the molecule is C#CCOc1ccc(CCC(=O)OC)c(NC(=O)OCC2c3ccccc3-c3ccccc32)c1. The van der Waals surface area contributed by atoms with Gasteiger partial charge in [-0.3, -0.25) is 10.1 Å². The predicted octanol–water partition coefficient (Wildman–Crippen LogP) is 5.17. The molecule has 1 aliphatic carbocycles. The van der Waals surface area contributed by atoms with Gasteiger partial charge >= 0.3 is 12.1 Å². The number of ether oxygens (including phenoxy) is 3. The smallest absolute Gasteiger partial charge is 0.411 e. The molecule has 6 heteroatoms. The van der Waals surface area contributed by atoms with Crippen LogP contribution in [-0.4, -0.2) is 32.4 Å². The van der Waals surface area contributed by atoms with E-state index in [2.05, 4.69) is 35.5 Å². The summed E-state index contributed by atoms with van der Waals surface area (Å²) in [6, 6.07) is 21.5. The third-order valence-corrected chi connectivity index (χ3v) is 5.81. The molecule has 0 bridgehead atoms. The number of rotatable bonds is 8. The molecule has 172 valence electrons. The normalized spacial score (nSPS) is 11.6. The van der Waals surface area contributed by atoms with E-state index in [0.29, 0.717) is 17.9 Å². The monoisotopic (exact) mass is 455 g/mol. The first-order valence-electron chi connectivity index (χ1n) is 11.0. The van der Waals surface area contributed by atoms with Crippen LogP contribution in [0.5, 0.6) is 5.75 Å². The molecule has 0 aromatic heterocycles. The van der Waals surface area contributed by atoms with Crippen LogP contribution >= 0.6 is 0 Å². The molecule has 4 rings (SSSR count). The zero-order chi connectivity index (χ0) is 23.9. The van der Waals surface area contributed by atoms with Gasteiger partial charge in [-0.15, -0.1) is 6.42 Å². The fourth-order valence-electron chi connectivity index (χ4n) is 4.19. The molecular formula is C28H25NO5. The molecule has 0 saturated heterocycles. The molecule has 0 aliphatic heterocycles. The van der Waals surface area contributed by atoms with Crippen LogP contribution in [0.2, 0.25) is 0 Å². The molecule has 3 aromatic rings. The minimum atomic E-state index is -0.588. The van der Waals surface area contributed by atoms with Crippen LogP contribution in [-0.2, 0) is 20.7 Å². The van der Waals surface area contributed by atoms with E-state index in [-0.39, 0.29) is 31.5 Å². The minimum absolute atomic E-state index is 0.0396. The molecule has 34 heavy (non-hydrogen) atoms. The van der Waals surface area contributed by atoms with Gasteiger partial charge in [-0.1, -0.05) is 60.5 Å². The van der Waals surface area contributed by atoms with Crippen LogP contribution in [0.3, 0.4) is 0 Å². The van der Waals surface area contributed by atoms with Crippen LogP contribution in [0.15, 0.2) is 66.7 Å². The summed E-state index contributed by atoms with van der Waals surface area (Å²) in [5.74, 6) is 2.55.